The van der Waals surface area contributed by atoms with Crippen molar-refractivity contribution in [3.63, 3.8) is 0 Å². The average molecular weight is 638 g/mol. The number of fused-ring (bicyclic) bond motifs is 1. The molecule has 248 valence electrons. The minimum atomic E-state index is -4.39. The van der Waals surface area contributed by atoms with E-state index < -0.39 is 29.4 Å². The zero-order valence-electron chi connectivity index (χ0n) is 28.0. The first-order valence-electron chi connectivity index (χ1n) is 16.1. The third kappa shape index (κ3) is 7.41. The van der Waals surface area contributed by atoms with E-state index in [0.717, 1.165) is 65.6 Å². The van der Waals surface area contributed by atoms with E-state index in [0.29, 0.717) is 30.8 Å². The van der Waals surface area contributed by atoms with Crippen LogP contribution in [0.2, 0.25) is 0 Å². The molecule has 1 atom stereocenters. The first-order chi connectivity index (χ1) is 21.4. The molecule has 0 aliphatic carbocycles. The Morgan fingerprint density at radius 1 is 1.00 bits per heavy atom. The maximum absolute atomic E-state index is 13.6. The van der Waals surface area contributed by atoms with Gasteiger partial charge in [0.1, 0.15) is 0 Å². The number of piperidine rings is 1. The van der Waals surface area contributed by atoms with Crippen molar-refractivity contribution < 1.29 is 27.8 Å². The predicted molar refractivity (Wildman–Crippen MR) is 175 cm³/mol. The minimum Gasteiger partial charge on any atom is -0.479 e. The predicted octanol–water partition coefficient (Wildman–Crippen LogP) is 8.51. The number of aromatic nitrogens is 1. The third-order valence-electron chi connectivity index (χ3n) is 9.27. The Balaban J connectivity index is 1.55. The van der Waals surface area contributed by atoms with Gasteiger partial charge in [-0.15, -0.1) is 0 Å². The van der Waals surface area contributed by atoms with Gasteiger partial charge in [-0.05, 0) is 87.6 Å². The number of aliphatic carboxylic acids is 1. The molecule has 3 aromatic rings. The molecule has 0 saturated carbocycles. The molecule has 1 N–H and O–H groups in total. The maximum Gasteiger partial charge on any atom is 0.416 e. The zero-order valence-corrected chi connectivity index (χ0v) is 28.0. The fraction of sp³-hybridized carbons (Fsp3) is 0.514. The Bertz CT molecular complexity index is 1600. The van der Waals surface area contributed by atoms with E-state index >= 15 is 0 Å². The highest BCUT2D eigenvalue weighted by molar-refractivity contribution is 5.88. The highest BCUT2D eigenvalue weighted by Gasteiger charge is 2.37. The summed E-state index contributed by atoms with van der Waals surface area (Å²) >= 11 is 0. The number of aryl methyl sites for hydroxylation is 2. The molecule has 0 spiro atoms. The molecule has 1 unspecified atom stereocenters. The van der Waals surface area contributed by atoms with Crippen LogP contribution in [0.25, 0.3) is 11.1 Å². The van der Waals surface area contributed by atoms with Crippen molar-refractivity contribution in [1.82, 2.24) is 9.88 Å². The van der Waals surface area contributed by atoms with Crippen LogP contribution in [0.4, 0.5) is 18.9 Å². The molecule has 0 radical (unpaired) electrons. The first kappa shape index (κ1) is 33.9. The molecule has 1 aromatic heterocycles. The molecular weight excluding hydrogens is 591 g/mol. The number of ether oxygens (including phenoxy) is 1. The third-order valence-corrected chi connectivity index (χ3v) is 9.27. The molecule has 46 heavy (non-hydrogen) atoms. The summed E-state index contributed by atoms with van der Waals surface area (Å²) in [5.41, 5.74) is 6.22. The van der Waals surface area contributed by atoms with E-state index in [1.54, 1.807) is 12.1 Å². The minimum absolute atomic E-state index is 0.195. The van der Waals surface area contributed by atoms with Crippen LogP contribution in [-0.4, -0.2) is 46.2 Å². The Kier molecular flexibility index (Phi) is 9.32. The molecular formula is C37H46F3N3O3. The molecule has 6 nitrogen and oxygen atoms in total. The van der Waals surface area contributed by atoms with Crippen LogP contribution in [0.15, 0.2) is 42.5 Å². The fourth-order valence-corrected chi connectivity index (χ4v) is 6.83. The second-order valence-electron chi connectivity index (χ2n) is 14.6. The maximum atomic E-state index is 13.6. The lowest BCUT2D eigenvalue weighted by atomic mass is 9.81. The number of hydrogen-bond acceptors (Lipinski definition) is 5. The van der Waals surface area contributed by atoms with Gasteiger partial charge in [-0.3, -0.25) is 9.88 Å². The van der Waals surface area contributed by atoms with Crippen molar-refractivity contribution in [2.24, 2.45) is 5.41 Å². The van der Waals surface area contributed by atoms with Gasteiger partial charge < -0.3 is 14.7 Å². The number of alkyl halides is 3. The topological polar surface area (TPSA) is 65.9 Å². The number of nitrogens with zero attached hydrogens (tertiary/aromatic N) is 3. The SMILES string of the molecule is Cc1nc(C)c(C(OC(C)(C)C)C(=O)O)c(N2CCC(C)(C)CC2)c1-c1ccc2c(c1)CCN(Cc1ccccc1C(F)(F)F)C2. The number of pyridine rings is 1. The number of halogens is 3. The Hall–Kier alpha value is -3.43. The van der Waals surface area contributed by atoms with Crippen LogP contribution in [0.1, 0.15) is 92.8 Å². The highest BCUT2D eigenvalue weighted by atomic mass is 19.4. The van der Waals surface area contributed by atoms with Crippen molar-refractivity contribution >= 4 is 11.7 Å². The summed E-state index contributed by atoms with van der Waals surface area (Å²) in [7, 11) is 0. The number of carboxylic acid groups (broad SMARTS) is 1. The van der Waals surface area contributed by atoms with E-state index in [-0.39, 0.29) is 17.5 Å². The molecule has 9 heteroatoms. The van der Waals surface area contributed by atoms with Gasteiger partial charge in [0, 0.05) is 55.2 Å². The summed E-state index contributed by atoms with van der Waals surface area (Å²) in [6, 6.07) is 12.1. The lowest BCUT2D eigenvalue weighted by Crippen LogP contribution is -2.39. The van der Waals surface area contributed by atoms with E-state index in [2.05, 4.69) is 35.8 Å². The van der Waals surface area contributed by atoms with Crippen LogP contribution >= 0.6 is 0 Å². The van der Waals surface area contributed by atoms with Gasteiger partial charge in [0.2, 0.25) is 0 Å². The monoisotopic (exact) mass is 637 g/mol. The van der Waals surface area contributed by atoms with Gasteiger partial charge in [0.05, 0.1) is 16.9 Å². The number of anilines is 1. The molecule has 2 aliphatic heterocycles. The van der Waals surface area contributed by atoms with Gasteiger partial charge in [-0.1, -0.05) is 50.2 Å². The van der Waals surface area contributed by atoms with Crippen molar-refractivity contribution in [3.05, 3.63) is 81.7 Å². The van der Waals surface area contributed by atoms with Crippen molar-refractivity contribution in [1.29, 1.82) is 0 Å². The van der Waals surface area contributed by atoms with Crippen molar-refractivity contribution in [3.8, 4) is 11.1 Å². The highest BCUT2D eigenvalue weighted by Crippen LogP contribution is 2.45. The summed E-state index contributed by atoms with van der Waals surface area (Å²) in [6.45, 7) is 16.9. The first-order valence-corrected chi connectivity index (χ1v) is 16.1. The van der Waals surface area contributed by atoms with Gasteiger partial charge in [0.15, 0.2) is 6.10 Å². The molecule has 3 heterocycles. The van der Waals surface area contributed by atoms with Crippen LogP contribution in [-0.2, 0) is 35.2 Å². The van der Waals surface area contributed by atoms with E-state index in [1.165, 1.54) is 6.07 Å². The van der Waals surface area contributed by atoms with Gasteiger partial charge >= 0.3 is 12.1 Å². The van der Waals surface area contributed by atoms with Crippen LogP contribution in [0, 0.1) is 19.3 Å². The summed E-state index contributed by atoms with van der Waals surface area (Å²) in [4.78, 5) is 22.1. The summed E-state index contributed by atoms with van der Waals surface area (Å²) in [5.74, 6) is -1.05. The molecule has 1 saturated heterocycles. The Morgan fingerprint density at radius 2 is 1.67 bits per heavy atom. The number of hydrogen-bond donors (Lipinski definition) is 1. The van der Waals surface area contributed by atoms with Gasteiger partial charge in [0.25, 0.3) is 0 Å². The zero-order chi connectivity index (χ0) is 33.6. The Labute approximate surface area is 270 Å². The normalized spacial score (nSPS) is 17.9. The van der Waals surface area contributed by atoms with Crippen LogP contribution < -0.4 is 4.90 Å². The van der Waals surface area contributed by atoms with E-state index in [1.807, 2.05) is 40.7 Å². The molecule has 5 rings (SSSR count). The second-order valence-corrected chi connectivity index (χ2v) is 14.6. The van der Waals surface area contributed by atoms with E-state index in [9.17, 15) is 23.1 Å². The second kappa shape index (κ2) is 12.6. The molecule has 0 bridgehead atoms. The van der Waals surface area contributed by atoms with Gasteiger partial charge in [-0.2, -0.15) is 13.2 Å². The molecule has 2 aliphatic rings. The molecule has 2 aromatic carbocycles. The van der Waals surface area contributed by atoms with Crippen LogP contribution in [0.5, 0.6) is 0 Å². The lowest BCUT2D eigenvalue weighted by molar-refractivity contribution is -0.160. The number of carbonyl (C=O) groups is 1. The Morgan fingerprint density at radius 3 is 2.30 bits per heavy atom. The smallest absolute Gasteiger partial charge is 0.416 e. The standard InChI is InChI=1S/C37H46F3N3O3/c1-23-30(26-12-13-27-21-42(17-14-25(27)20-26)22-28-10-8-9-11-29(28)37(38,39)40)32(43-18-15-36(6,7)16-19-43)31(24(2)41-23)33(34(44)45)46-35(3,4)5/h8-13,20,33H,14-19,21-22H2,1-7H3,(H,44,45). The van der Waals surface area contributed by atoms with E-state index in [4.69, 9.17) is 9.72 Å². The number of benzene rings is 2. The molecule has 1 fully saturated rings. The number of carboxylic acids is 1. The number of rotatable bonds is 7. The van der Waals surface area contributed by atoms with Gasteiger partial charge in [-0.25, -0.2) is 4.79 Å². The fourth-order valence-electron chi connectivity index (χ4n) is 6.83. The molecule has 0 amide bonds. The average Bonchev–Trinajstić information content (AvgIpc) is 2.95. The lowest BCUT2D eigenvalue weighted by Gasteiger charge is -2.41. The van der Waals surface area contributed by atoms with Crippen LogP contribution in [0.3, 0.4) is 0 Å². The van der Waals surface area contributed by atoms with Crippen molar-refractivity contribution in [2.75, 3.05) is 24.5 Å². The quantitative estimate of drug-likeness (QED) is 0.280. The summed E-state index contributed by atoms with van der Waals surface area (Å²) in [5, 5.41) is 10.5. The summed E-state index contributed by atoms with van der Waals surface area (Å²) in [6.07, 6.45) is -2.94. The largest absolute Gasteiger partial charge is 0.479 e. The summed E-state index contributed by atoms with van der Waals surface area (Å²) < 4.78 is 47.1. The van der Waals surface area contributed by atoms with Crippen molar-refractivity contribution in [2.45, 2.75) is 98.7 Å².